The van der Waals surface area contributed by atoms with Gasteiger partial charge in [-0.3, -0.25) is 0 Å². The predicted molar refractivity (Wildman–Crippen MR) is 44.7 cm³/mol. The normalized spacial score (nSPS) is 26.0. The summed E-state index contributed by atoms with van der Waals surface area (Å²) in [5, 5.41) is 3.36. The summed E-state index contributed by atoms with van der Waals surface area (Å²) in [7, 11) is 0. The highest BCUT2D eigenvalue weighted by Crippen LogP contribution is 2.17. The first-order chi connectivity index (χ1) is 4.61. The molecule has 0 bridgehead atoms. The van der Waals surface area contributed by atoms with E-state index in [1.165, 1.54) is 16.8 Å². The quantitative estimate of drug-likeness (QED) is 0.540. The number of nitrogens with one attached hydrogen (secondary N) is 1. The Hall–Kier alpha value is -0.720. The van der Waals surface area contributed by atoms with E-state index in [1.807, 2.05) is 0 Å². The Kier molecular flexibility index (Phi) is 1.84. The van der Waals surface area contributed by atoms with Crippen molar-refractivity contribution in [2.24, 2.45) is 0 Å². The van der Waals surface area contributed by atoms with E-state index in [2.05, 4.69) is 39.1 Å². The van der Waals surface area contributed by atoms with E-state index in [-0.39, 0.29) is 0 Å². The number of rotatable bonds is 0. The summed E-state index contributed by atoms with van der Waals surface area (Å²) in [6.07, 6.45) is 2.25. The maximum absolute atomic E-state index is 3.36. The molecule has 0 aromatic rings. The van der Waals surface area contributed by atoms with E-state index < -0.39 is 0 Å². The van der Waals surface area contributed by atoms with E-state index in [4.69, 9.17) is 0 Å². The van der Waals surface area contributed by atoms with Gasteiger partial charge in [0.15, 0.2) is 0 Å². The molecule has 1 nitrogen and oxygen atoms in total. The molecule has 56 valence electrons. The van der Waals surface area contributed by atoms with E-state index in [9.17, 15) is 0 Å². The first-order valence-corrected chi connectivity index (χ1v) is 3.74. The van der Waals surface area contributed by atoms with Crippen molar-refractivity contribution in [3.05, 3.63) is 22.9 Å². The van der Waals surface area contributed by atoms with Gasteiger partial charge in [0.25, 0.3) is 0 Å². The van der Waals surface area contributed by atoms with Crippen molar-refractivity contribution in [2.45, 2.75) is 33.7 Å². The molecule has 0 saturated heterocycles. The number of allylic oxidation sites excluding steroid dienone is 3. The number of hydrogen-bond donors (Lipinski definition) is 1. The van der Waals surface area contributed by atoms with Gasteiger partial charge >= 0.3 is 0 Å². The molecule has 0 fully saturated rings. The maximum atomic E-state index is 3.36. The van der Waals surface area contributed by atoms with Crippen LogP contribution in [-0.2, 0) is 0 Å². The minimum Gasteiger partial charge on any atom is -0.382 e. The van der Waals surface area contributed by atoms with E-state index in [1.54, 1.807) is 0 Å². The van der Waals surface area contributed by atoms with Crippen LogP contribution in [0.5, 0.6) is 0 Å². The molecule has 1 rings (SSSR count). The lowest BCUT2D eigenvalue weighted by Crippen LogP contribution is -2.26. The average molecular weight is 137 g/mol. The first-order valence-electron chi connectivity index (χ1n) is 3.74. The fourth-order valence-electron chi connectivity index (χ4n) is 1.29. The highest BCUT2D eigenvalue weighted by Gasteiger charge is 2.08. The summed E-state index contributed by atoms with van der Waals surface area (Å²) < 4.78 is 0. The number of hydrogen-bond acceptors (Lipinski definition) is 1. The van der Waals surface area contributed by atoms with Crippen molar-refractivity contribution in [1.29, 1.82) is 0 Å². The van der Waals surface area contributed by atoms with Gasteiger partial charge < -0.3 is 5.32 Å². The molecule has 1 unspecified atom stereocenters. The van der Waals surface area contributed by atoms with Crippen molar-refractivity contribution in [2.75, 3.05) is 0 Å². The fraction of sp³-hybridized carbons (Fsp3) is 0.556. The molecule has 1 heteroatoms. The number of dihydropyridines is 1. The molecule has 0 aliphatic carbocycles. The van der Waals surface area contributed by atoms with Gasteiger partial charge in [-0.1, -0.05) is 6.08 Å². The zero-order valence-corrected chi connectivity index (χ0v) is 7.15. The van der Waals surface area contributed by atoms with Gasteiger partial charge in [0.1, 0.15) is 0 Å². The van der Waals surface area contributed by atoms with Crippen molar-refractivity contribution < 1.29 is 0 Å². The third kappa shape index (κ3) is 1.23. The summed E-state index contributed by atoms with van der Waals surface area (Å²) in [5.74, 6) is 0. The van der Waals surface area contributed by atoms with E-state index >= 15 is 0 Å². The van der Waals surface area contributed by atoms with Crippen LogP contribution < -0.4 is 5.32 Å². The Bertz CT molecular complexity index is 199. The largest absolute Gasteiger partial charge is 0.382 e. The molecule has 0 spiro atoms. The predicted octanol–water partition coefficient (Wildman–Crippen LogP) is 2.22. The SMILES string of the molecule is CC1=CC(C)NC(C)=C1C. The van der Waals surface area contributed by atoms with Crippen molar-refractivity contribution >= 4 is 0 Å². The topological polar surface area (TPSA) is 12.0 Å². The minimum absolute atomic E-state index is 0.503. The van der Waals surface area contributed by atoms with Gasteiger partial charge in [-0.15, -0.1) is 0 Å². The van der Waals surface area contributed by atoms with Crippen LogP contribution in [0.2, 0.25) is 0 Å². The smallest absolute Gasteiger partial charge is 0.0418 e. The van der Waals surface area contributed by atoms with Crippen LogP contribution in [-0.4, -0.2) is 6.04 Å². The molecule has 10 heavy (non-hydrogen) atoms. The summed E-state index contributed by atoms with van der Waals surface area (Å²) in [6, 6.07) is 0.503. The summed E-state index contributed by atoms with van der Waals surface area (Å²) in [6.45, 7) is 8.61. The third-order valence-corrected chi connectivity index (χ3v) is 2.10. The molecule has 1 N–H and O–H groups in total. The molecule has 0 saturated carbocycles. The highest BCUT2D eigenvalue weighted by molar-refractivity contribution is 5.35. The van der Waals surface area contributed by atoms with Crippen LogP contribution in [0, 0.1) is 0 Å². The molecule has 0 amide bonds. The average Bonchev–Trinajstić information content (AvgIpc) is 1.82. The molecule has 1 atom stereocenters. The lowest BCUT2D eigenvalue weighted by atomic mass is 10.0. The van der Waals surface area contributed by atoms with Crippen molar-refractivity contribution in [3.8, 4) is 0 Å². The molecule has 1 aliphatic rings. The first kappa shape index (κ1) is 7.39. The molecule has 1 heterocycles. The standard InChI is InChI=1S/C9H15N/c1-6-5-7(2)10-9(4)8(6)3/h5,7,10H,1-4H3. The fourth-order valence-corrected chi connectivity index (χ4v) is 1.29. The lowest BCUT2D eigenvalue weighted by Gasteiger charge is -2.21. The molecule has 0 aromatic heterocycles. The summed E-state index contributed by atoms with van der Waals surface area (Å²) in [4.78, 5) is 0. The summed E-state index contributed by atoms with van der Waals surface area (Å²) in [5.41, 5.74) is 4.11. The zero-order chi connectivity index (χ0) is 7.72. The van der Waals surface area contributed by atoms with E-state index in [0.29, 0.717) is 6.04 Å². The molecular weight excluding hydrogens is 122 g/mol. The highest BCUT2D eigenvalue weighted by atomic mass is 14.9. The van der Waals surface area contributed by atoms with Crippen LogP contribution in [0.25, 0.3) is 0 Å². The maximum Gasteiger partial charge on any atom is 0.0418 e. The van der Waals surface area contributed by atoms with Crippen molar-refractivity contribution in [3.63, 3.8) is 0 Å². The van der Waals surface area contributed by atoms with Gasteiger partial charge in [-0.2, -0.15) is 0 Å². The van der Waals surface area contributed by atoms with Gasteiger partial charge in [-0.25, -0.2) is 0 Å². The second-order valence-corrected chi connectivity index (χ2v) is 3.03. The Balaban J connectivity index is 2.90. The Morgan fingerprint density at radius 2 is 1.90 bits per heavy atom. The minimum atomic E-state index is 0.503. The van der Waals surface area contributed by atoms with Gasteiger partial charge in [-0.05, 0) is 38.8 Å². The van der Waals surface area contributed by atoms with Gasteiger partial charge in [0, 0.05) is 11.7 Å². The van der Waals surface area contributed by atoms with Crippen LogP contribution in [0.1, 0.15) is 27.7 Å². The Labute approximate surface area is 62.8 Å². The Morgan fingerprint density at radius 1 is 1.30 bits per heavy atom. The second-order valence-electron chi connectivity index (χ2n) is 3.03. The third-order valence-electron chi connectivity index (χ3n) is 2.10. The van der Waals surface area contributed by atoms with Crippen LogP contribution in [0.3, 0.4) is 0 Å². The second kappa shape index (κ2) is 2.49. The lowest BCUT2D eigenvalue weighted by molar-refractivity contribution is 0.700. The van der Waals surface area contributed by atoms with Crippen LogP contribution >= 0.6 is 0 Å². The van der Waals surface area contributed by atoms with Gasteiger partial charge in [0.2, 0.25) is 0 Å². The monoisotopic (exact) mass is 137 g/mol. The van der Waals surface area contributed by atoms with Crippen molar-refractivity contribution in [1.82, 2.24) is 5.32 Å². The van der Waals surface area contributed by atoms with Gasteiger partial charge in [0.05, 0.1) is 0 Å². The van der Waals surface area contributed by atoms with E-state index in [0.717, 1.165) is 0 Å². The van der Waals surface area contributed by atoms with Crippen LogP contribution in [0.15, 0.2) is 22.9 Å². The summed E-state index contributed by atoms with van der Waals surface area (Å²) >= 11 is 0. The molecular formula is C9H15N. The molecule has 0 aromatic carbocycles. The molecule has 0 radical (unpaired) electrons. The zero-order valence-electron chi connectivity index (χ0n) is 7.15. The molecule has 1 aliphatic heterocycles. The van der Waals surface area contributed by atoms with Crippen LogP contribution in [0.4, 0.5) is 0 Å². The Morgan fingerprint density at radius 3 is 2.40 bits per heavy atom.